The summed E-state index contributed by atoms with van der Waals surface area (Å²) in [6.07, 6.45) is 0.377. The van der Waals surface area contributed by atoms with Crippen molar-refractivity contribution >= 4 is 17.8 Å². The van der Waals surface area contributed by atoms with E-state index in [-0.39, 0.29) is 36.6 Å². The Hall–Kier alpha value is -2.96. The minimum Gasteiger partial charge on any atom is -0.368 e. The monoisotopic (exact) mass is 367 g/mol. The topological polar surface area (TPSA) is 92.4 Å². The lowest BCUT2D eigenvalue weighted by Gasteiger charge is -2.21. The standard InChI is InChI=1S/C20H25N5O2/c1-12-6-5-7-14(10-12)19-15-11-25(13(2)18(15)22-20(21)23-19)17(27)9-8-16(26)24(3)4/h5-7,10,13H,8-9,11H2,1-4H3,(H2,21,22,23)/t13-/m1/s1. The number of aryl methyl sites for hydroxylation is 1. The number of carbonyl (C=O) groups is 2. The van der Waals surface area contributed by atoms with E-state index >= 15 is 0 Å². The lowest BCUT2D eigenvalue weighted by Crippen LogP contribution is -2.30. The molecular weight excluding hydrogens is 342 g/mol. The van der Waals surface area contributed by atoms with E-state index < -0.39 is 0 Å². The van der Waals surface area contributed by atoms with Crippen molar-refractivity contribution in [3.8, 4) is 11.3 Å². The molecule has 1 atom stereocenters. The zero-order valence-corrected chi connectivity index (χ0v) is 16.2. The fourth-order valence-electron chi connectivity index (χ4n) is 3.39. The summed E-state index contributed by atoms with van der Waals surface area (Å²) in [5, 5.41) is 0. The van der Waals surface area contributed by atoms with Gasteiger partial charge in [-0.3, -0.25) is 9.59 Å². The lowest BCUT2D eigenvalue weighted by atomic mass is 10.0. The van der Waals surface area contributed by atoms with Crippen LogP contribution in [0, 0.1) is 6.92 Å². The number of carbonyl (C=O) groups excluding carboxylic acids is 2. The molecule has 2 aromatic rings. The molecule has 0 spiro atoms. The largest absolute Gasteiger partial charge is 0.368 e. The van der Waals surface area contributed by atoms with Gasteiger partial charge in [-0.25, -0.2) is 9.97 Å². The summed E-state index contributed by atoms with van der Waals surface area (Å²) in [5.74, 6) is 0.0795. The molecule has 2 N–H and O–H groups in total. The third-order valence-corrected chi connectivity index (χ3v) is 4.91. The summed E-state index contributed by atoms with van der Waals surface area (Å²) >= 11 is 0. The highest BCUT2D eigenvalue weighted by Gasteiger charge is 2.34. The Morgan fingerprint density at radius 2 is 2.00 bits per heavy atom. The van der Waals surface area contributed by atoms with Crippen molar-refractivity contribution in [2.45, 2.75) is 39.3 Å². The summed E-state index contributed by atoms with van der Waals surface area (Å²) in [5.41, 5.74) is 10.5. The van der Waals surface area contributed by atoms with E-state index in [9.17, 15) is 9.59 Å². The normalized spacial score (nSPS) is 15.6. The molecule has 1 aromatic heterocycles. The van der Waals surface area contributed by atoms with Crippen molar-refractivity contribution < 1.29 is 9.59 Å². The quantitative estimate of drug-likeness (QED) is 0.895. The molecule has 27 heavy (non-hydrogen) atoms. The molecule has 1 aromatic carbocycles. The van der Waals surface area contributed by atoms with E-state index in [1.807, 2.05) is 38.1 Å². The molecule has 0 saturated heterocycles. The molecule has 0 bridgehead atoms. The van der Waals surface area contributed by atoms with Gasteiger partial charge in [-0.15, -0.1) is 0 Å². The zero-order valence-electron chi connectivity index (χ0n) is 16.2. The molecule has 3 rings (SSSR count). The number of amides is 2. The molecule has 1 aliphatic rings. The molecule has 7 nitrogen and oxygen atoms in total. The molecule has 2 heterocycles. The number of hydrogen-bond donors (Lipinski definition) is 1. The van der Waals surface area contributed by atoms with E-state index in [1.54, 1.807) is 19.0 Å². The van der Waals surface area contributed by atoms with Crippen LogP contribution < -0.4 is 5.73 Å². The number of fused-ring (bicyclic) bond motifs is 1. The van der Waals surface area contributed by atoms with Crippen molar-refractivity contribution in [1.29, 1.82) is 0 Å². The third kappa shape index (κ3) is 3.77. The number of rotatable bonds is 4. The van der Waals surface area contributed by atoms with Gasteiger partial charge in [-0.2, -0.15) is 0 Å². The van der Waals surface area contributed by atoms with E-state index in [0.29, 0.717) is 6.54 Å². The van der Waals surface area contributed by atoms with E-state index in [2.05, 4.69) is 9.97 Å². The second-order valence-electron chi connectivity index (χ2n) is 7.15. The Morgan fingerprint density at radius 3 is 2.67 bits per heavy atom. The first-order valence-electron chi connectivity index (χ1n) is 9.01. The Bertz CT molecular complexity index is 894. The highest BCUT2D eigenvalue weighted by atomic mass is 16.2. The molecular formula is C20H25N5O2. The summed E-state index contributed by atoms with van der Waals surface area (Å²) in [6.45, 7) is 4.38. The van der Waals surface area contributed by atoms with Crippen LogP contribution in [0.4, 0.5) is 5.95 Å². The van der Waals surface area contributed by atoms with Gasteiger partial charge in [0.1, 0.15) is 0 Å². The zero-order chi connectivity index (χ0) is 19.7. The number of nitrogens with zero attached hydrogens (tertiary/aromatic N) is 4. The van der Waals surface area contributed by atoms with Gasteiger partial charge in [-0.05, 0) is 19.9 Å². The Balaban J connectivity index is 1.88. The molecule has 0 fully saturated rings. The highest BCUT2D eigenvalue weighted by molar-refractivity contribution is 5.84. The minimum absolute atomic E-state index is 0.0581. The van der Waals surface area contributed by atoms with Crippen LogP contribution in [0.1, 0.15) is 42.6 Å². The van der Waals surface area contributed by atoms with Crippen LogP contribution in [-0.2, 0) is 16.1 Å². The molecule has 142 valence electrons. The number of anilines is 1. The summed E-state index contributed by atoms with van der Waals surface area (Å²) < 4.78 is 0. The number of aromatic nitrogens is 2. The van der Waals surface area contributed by atoms with E-state index in [0.717, 1.165) is 28.1 Å². The molecule has 2 amide bonds. The predicted octanol–water partition coefficient (Wildman–Crippen LogP) is 2.31. The van der Waals surface area contributed by atoms with Crippen molar-refractivity contribution in [1.82, 2.24) is 19.8 Å². The van der Waals surface area contributed by atoms with Gasteiger partial charge in [0.15, 0.2) is 0 Å². The molecule has 0 unspecified atom stereocenters. The average molecular weight is 367 g/mol. The predicted molar refractivity (Wildman–Crippen MR) is 104 cm³/mol. The summed E-state index contributed by atoms with van der Waals surface area (Å²) in [6, 6.07) is 7.83. The maximum absolute atomic E-state index is 12.7. The van der Waals surface area contributed by atoms with Crippen molar-refractivity contribution in [2.75, 3.05) is 19.8 Å². The molecule has 0 saturated carbocycles. The first-order chi connectivity index (χ1) is 12.8. The van der Waals surface area contributed by atoms with E-state index in [4.69, 9.17) is 5.73 Å². The minimum atomic E-state index is -0.198. The fourth-order valence-corrected chi connectivity index (χ4v) is 3.39. The van der Waals surface area contributed by atoms with Crippen LogP contribution in [0.25, 0.3) is 11.3 Å². The molecule has 0 radical (unpaired) electrons. The van der Waals surface area contributed by atoms with Gasteiger partial charge in [-0.1, -0.05) is 23.8 Å². The average Bonchev–Trinajstić information content (AvgIpc) is 2.95. The van der Waals surface area contributed by atoms with Crippen LogP contribution in [0.15, 0.2) is 24.3 Å². The number of nitrogen functional groups attached to an aromatic ring is 1. The van der Waals surface area contributed by atoms with Crippen molar-refractivity contribution in [2.24, 2.45) is 0 Å². The van der Waals surface area contributed by atoms with Crippen LogP contribution in [0.5, 0.6) is 0 Å². The van der Waals surface area contributed by atoms with Crippen LogP contribution in [0.2, 0.25) is 0 Å². The highest BCUT2D eigenvalue weighted by Crippen LogP contribution is 2.38. The fraction of sp³-hybridized carbons (Fsp3) is 0.400. The van der Waals surface area contributed by atoms with Gasteiger partial charge in [0.25, 0.3) is 0 Å². The molecule has 7 heteroatoms. The Kier molecular flexibility index (Phi) is 5.12. The summed E-state index contributed by atoms with van der Waals surface area (Å²) in [4.78, 5) is 36.6. The smallest absolute Gasteiger partial charge is 0.223 e. The van der Waals surface area contributed by atoms with Crippen molar-refractivity contribution in [3.05, 3.63) is 41.1 Å². The first kappa shape index (κ1) is 18.8. The van der Waals surface area contributed by atoms with Gasteiger partial charge >= 0.3 is 0 Å². The molecule has 1 aliphatic heterocycles. The first-order valence-corrected chi connectivity index (χ1v) is 9.01. The van der Waals surface area contributed by atoms with Crippen molar-refractivity contribution in [3.63, 3.8) is 0 Å². The van der Waals surface area contributed by atoms with E-state index in [1.165, 1.54) is 4.90 Å². The number of nitrogens with two attached hydrogens (primary N) is 1. The van der Waals surface area contributed by atoms with Crippen LogP contribution in [-0.4, -0.2) is 45.7 Å². The van der Waals surface area contributed by atoms with Gasteiger partial charge in [0.05, 0.1) is 24.0 Å². The third-order valence-electron chi connectivity index (χ3n) is 4.91. The number of benzene rings is 1. The second-order valence-corrected chi connectivity index (χ2v) is 7.15. The van der Waals surface area contributed by atoms with Gasteiger partial charge in [0, 0.05) is 38.1 Å². The SMILES string of the molecule is Cc1cccc(-c2nc(N)nc3c2CN(C(=O)CCC(=O)N(C)C)[C@@H]3C)c1. The maximum atomic E-state index is 12.7. The van der Waals surface area contributed by atoms with Crippen LogP contribution >= 0.6 is 0 Å². The molecule has 0 aliphatic carbocycles. The van der Waals surface area contributed by atoms with Gasteiger partial charge in [0.2, 0.25) is 17.8 Å². The Labute approximate surface area is 159 Å². The Morgan fingerprint density at radius 1 is 1.26 bits per heavy atom. The summed E-state index contributed by atoms with van der Waals surface area (Å²) in [7, 11) is 3.38. The lowest BCUT2D eigenvalue weighted by molar-refractivity contribution is -0.137. The van der Waals surface area contributed by atoms with Crippen LogP contribution in [0.3, 0.4) is 0 Å². The van der Waals surface area contributed by atoms with Gasteiger partial charge < -0.3 is 15.5 Å². The number of hydrogen-bond acceptors (Lipinski definition) is 5. The second kappa shape index (κ2) is 7.34. The maximum Gasteiger partial charge on any atom is 0.223 e.